The van der Waals surface area contributed by atoms with Crippen molar-refractivity contribution in [1.82, 2.24) is 15.5 Å². The average molecular weight is 474 g/mol. The number of hydrogen-bond donors (Lipinski definition) is 3. The maximum atomic E-state index is 9.91. The minimum absolute atomic E-state index is 0. The Morgan fingerprint density at radius 3 is 2.52 bits per heavy atom. The van der Waals surface area contributed by atoms with E-state index in [2.05, 4.69) is 41.4 Å². The molecule has 0 radical (unpaired) electrons. The van der Waals surface area contributed by atoms with Gasteiger partial charge < -0.3 is 30.1 Å². The average Bonchev–Trinajstić information content (AvgIpc) is 2.52. The number of aliphatic imine (C=N–C) groups is 1. The molecule has 0 aliphatic carbocycles. The highest BCUT2D eigenvalue weighted by Crippen LogP contribution is 1.94. The van der Waals surface area contributed by atoms with Crippen LogP contribution in [0.1, 0.15) is 27.2 Å². The molecule has 0 heterocycles. The number of nitrogens with zero attached hydrogens (tertiary/aromatic N) is 2. The molecule has 3 N–H and O–H groups in total. The van der Waals surface area contributed by atoms with Crippen LogP contribution in [-0.4, -0.2) is 88.8 Å². The molecule has 1 unspecified atom stereocenters. The number of methoxy groups -OCH3 is 1. The predicted octanol–water partition coefficient (Wildman–Crippen LogP) is 1.16. The molecule has 25 heavy (non-hydrogen) atoms. The molecule has 0 fully saturated rings. The molecule has 152 valence electrons. The fraction of sp³-hybridized carbons (Fsp3) is 0.941. The lowest BCUT2D eigenvalue weighted by atomic mass is 10.2. The first-order valence-corrected chi connectivity index (χ1v) is 8.95. The van der Waals surface area contributed by atoms with E-state index in [-0.39, 0.29) is 24.0 Å². The first-order valence-electron chi connectivity index (χ1n) is 8.95. The molecule has 0 aliphatic heterocycles. The van der Waals surface area contributed by atoms with Crippen molar-refractivity contribution in [3.8, 4) is 0 Å². The quantitative estimate of drug-likeness (QED) is 0.152. The van der Waals surface area contributed by atoms with Crippen molar-refractivity contribution in [3.05, 3.63) is 0 Å². The molecule has 0 saturated carbocycles. The zero-order valence-electron chi connectivity index (χ0n) is 16.6. The highest BCUT2D eigenvalue weighted by atomic mass is 127. The second-order valence-corrected chi connectivity index (χ2v) is 6.38. The van der Waals surface area contributed by atoms with Gasteiger partial charge in [-0.25, -0.2) is 0 Å². The second kappa shape index (κ2) is 18.6. The van der Waals surface area contributed by atoms with Gasteiger partial charge in [-0.3, -0.25) is 4.99 Å². The van der Waals surface area contributed by atoms with Crippen LogP contribution in [0.3, 0.4) is 0 Å². The van der Waals surface area contributed by atoms with Crippen molar-refractivity contribution < 1.29 is 14.6 Å². The fourth-order valence-electron chi connectivity index (χ4n) is 1.99. The molecule has 8 heteroatoms. The van der Waals surface area contributed by atoms with Gasteiger partial charge in [-0.2, -0.15) is 0 Å². The van der Waals surface area contributed by atoms with E-state index in [1.807, 2.05) is 6.92 Å². The lowest BCUT2D eigenvalue weighted by molar-refractivity contribution is 0.0301. The van der Waals surface area contributed by atoms with E-state index < -0.39 is 6.10 Å². The van der Waals surface area contributed by atoms with Crippen molar-refractivity contribution >= 4 is 29.9 Å². The summed E-state index contributed by atoms with van der Waals surface area (Å²) in [6.07, 6.45) is 0.458. The predicted molar refractivity (Wildman–Crippen MR) is 115 cm³/mol. The Kier molecular flexibility index (Phi) is 20.2. The molecule has 0 aromatic rings. The second-order valence-electron chi connectivity index (χ2n) is 6.38. The summed E-state index contributed by atoms with van der Waals surface area (Å²) in [4.78, 5) is 6.66. The van der Waals surface area contributed by atoms with E-state index in [0.717, 1.165) is 45.2 Å². The van der Waals surface area contributed by atoms with E-state index in [9.17, 15) is 5.11 Å². The van der Waals surface area contributed by atoms with E-state index in [1.165, 1.54) is 0 Å². The number of nitrogens with one attached hydrogen (secondary N) is 2. The topological polar surface area (TPSA) is 78.4 Å². The largest absolute Gasteiger partial charge is 0.389 e. The van der Waals surface area contributed by atoms with Crippen LogP contribution in [-0.2, 0) is 9.47 Å². The zero-order valence-corrected chi connectivity index (χ0v) is 18.9. The van der Waals surface area contributed by atoms with E-state index in [0.29, 0.717) is 25.7 Å². The Balaban J connectivity index is 0. The molecular formula is C17H39IN4O3. The van der Waals surface area contributed by atoms with Gasteiger partial charge in [0.15, 0.2) is 5.96 Å². The minimum Gasteiger partial charge on any atom is -0.389 e. The molecular weight excluding hydrogens is 435 g/mol. The van der Waals surface area contributed by atoms with Crippen LogP contribution in [0, 0.1) is 5.92 Å². The van der Waals surface area contributed by atoms with Gasteiger partial charge in [0.25, 0.3) is 0 Å². The van der Waals surface area contributed by atoms with E-state index in [1.54, 1.807) is 7.11 Å². The number of aliphatic hydroxyl groups is 1. The monoisotopic (exact) mass is 474 g/mol. The Hall–Kier alpha value is -0.160. The third kappa shape index (κ3) is 18.4. The summed E-state index contributed by atoms with van der Waals surface area (Å²) in [6.45, 7) is 11.8. The van der Waals surface area contributed by atoms with Gasteiger partial charge in [0.05, 0.1) is 19.3 Å². The zero-order chi connectivity index (χ0) is 18.2. The number of ether oxygens (including phenoxy) is 2. The maximum absolute atomic E-state index is 9.91. The normalized spacial score (nSPS) is 13.0. The van der Waals surface area contributed by atoms with Gasteiger partial charge in [-0.15, -0.1) is 24.0 Å². The smallest absolute Gasteiger partial charge is 0.191 e. The van der Waals surface area contributed by atoms with Gasteiger partial charge in [0, 0.05) is 46.5 Å². The Bertz CT molecular complexity index is 320. The molecule has 0 rings (SSSR count). The number of guanidine groups is 1. The van der Waals surface area contributed by atoms with Crippen LogP contribution in [0.4, 0.5) is 0 Å². The van der Waals surface area contributed by atoms with Crippen LogP contribution >= 0.6 is 24.0 Å². The van der Waals surface area contributed by atoms with Crippen LogP contribution < -0.4 is 10.6 Å². The van der Waals surface area contributed by atoms with Crippen LogP contribution in [0.15, 0.2) is 4.99 Å². The summed E-state index contributed by atoms with van der Waals surface area (Å²) in [6, 6.07) is 0. The molecule has 0 bridgehead atoms. The molecule has 1 atom stereocenters. The standard InChI is InChI=1S/C17H38N4O3.HI/c1-6-18-17(19-8-10-21(4)9-7-11-23-5)20-12-16(22)14-24-13-15(2)3;/h15-16,22H,6-14H2,1-5H3,(H2,18,19,20);1H. The lowest BCUT2D eigenvalue weighted by Gasteiger charge is -2.18. The summed E-state index contributed by atoms with van der Waals surface area (Å²) < 4.78 is 10.5. The van der Waals surface area contributed by atoms with Crippen LogP contribution in [0.25, 0.3) is 0 Å². The molecule has 0 spiro atoms. The Labute approximate surface area is 170 Å². The summed E-state index contributed by atoms with van der Waals surface area (Å²) in [5, 5.41) is 16.4. The highest BCUT2D eigenvalue weighted by molar-refractivity contribution is 14.0. The minimum atomic E-state index is -0.573. The number of hydrogen-bond acceptors (Lipinski definition) is 5. The summed E-state index contributed by atoms with van der Waals surface area (Å²) in [7, 11) is 3.82. The Morgan fingerprint density at radius 2 is 1.92 bits per heavy atom. The molecule has 0 saturated heterocycles. The van der Waals surface area contributed by atoms with Gasteiger partial charge >= 0.3 is 0 Å². The Morgan fingerprint density at radius 1 is 1.20 bits per heavy atom. The first kappa shape index (κ1) is 27.1. The molecule has 0 aromatic heterocycles. The molecule has 0 aromatic carbocycles. The lowest BCUT2D eigenvalue weighted by Crippen LogP contribution is -2.41. The number of rotatable bonds is 14. The number of halogens is 1. The summed E-state index contributed by atoms with van der Waals surface area (Å²) in [5.74, 6) is 1.20. The third-order valence-electron chi connectivity index (χ3n) is 3.24. The van der Waals surface area contributed by atoms with Crippen molar-refractivity contribution in [2.24, 2.45) is 10.9 Å². The molecule has 0 aliphatic rings. The van der Waals surface area contributed by atoms with Crippen molar-refractivity contribution in [1.29, 1.82) is 0 Å². The third-order valence-corrected chi connectivity index (χ3v) is 3.24. The van der Waals surface area contributed by atoms with Crippen molar-refractivity contribution in [2.75, 3.05) is 66.7 Å². The SMILES string of the molecule is CCNC(=NCC(O)COCC(C)C)NCCN(C)CCCOC.I. The maximum Gasteiger partial charge on any atom is 0.191 e. The highest BCUT2D eigenvalue weighted by Gasteiger charge is 2.06. The number of aliphatic hydroxyl groups excluding tert-OH is 1. The fourth-order valence-corrected chi connectivity index (χ4v) is 1.99. The summed E-state index contributed by atoms with van der Waals surface area (Å²) >= 11 is 0. The molecule has 0 amide bonds. The van der Waals surface area contributed by atoms with E-state index in [4.69, 9.17) is 9.47 Å². The van der Waals surface area contributed by atoms with Gasteiger partial charge in [0.1, 0.15) is 0 Å². The van der Waals surface area contributed by atoms with E-state index >= 15 is 0 Å². The summed E-state index contributed by atoms with van der Waals surface area (Å²) in [5.41, 5.74) is 0. The number of likely N-dealkylation sites (N-methyl/N-ethyl adjacent to an activating group) is 1. The van der Waals surface area contributed by atoms with Gasteiger partial charge in [-0.05, 0) is 26.3 Å². The molecule has 7 nitrogen and oxygen atoms in total. The van der Waals surface area contributed by atoms with Crippen LogP contribution in [0.2, 0.25) is 0 Å². The van der Waals surface area contributed by atoms with Gasteiger partial charge in [-0.1, -0.05) is 13.8 Å². The van der Waals surface area contributed by atoms with Crippen molar-refractivity contribution in [3.63, 3.8) is 0 Å². The van der Waals surface area contributed by atoms with Gasteiger partial charge in [0.2, 0.25) is 0 Å². The van der Waals surface area contributed by atoms with Crippen molar-refractivity contribution in [2.45, 2.75) is 33.3 Å². The van der Waals surface area contributed by atoms with Crippen LogP contribution in [0.5, 0.6) is 0 Å². The first-order chi connectivity index (χ1) is 11.5.